The van der Waals surface area contributed by atoms with Gasteiger partial charge in [-0.05, 0) is 35.4 Å². The molecule has 5 nitrogen and oxygen atoms in total. The zero-order valence-electron chi connectivity index (χ0n) is 19.8. The van der Waals surface area contributed by atoms with Gasteiger partial charge in [-0.15, -0.1) is 11.3 Å². The molecule has 1 aliphatic heterocycles. The van der Waals surface area contributed by atoms with Gasteiger partial charge in [0.25, 0.3) is 0 Å². The second-order valence-corrected chi connectivity index (χ2v) is 9.84. The summed E-state index contributed by atoms with van der Waals surface area (Å²) in [5.74, 6) is -0.0215. The summed E-state index contributed by atoms with van der Waals surface area (Å²) < 4.78 is 0. The Morgan fingerprint density at radius 3 is 2.32 bits per heavy atom. The van der Waals surface area contributed by atoms with Gasteiger partial charge in [-0.25, -0.2) is 4.98 Å². The van der Waals surface area contributed by atoms with Gasteiger partial charge in [0.05, 0.1) is 11.4 Å². The first kappa shape index (κ1) is 22.7. The Morgan fingerprint density at radius 1 is 0.912 bits per heavy atom. The van der Waals surface area contributed by atoms with Gasteiger partial charge >= 0.3 is 0 Å². The van der Waals surface area contributed by atoms with Crippen molar-refractivity contribution in [3.63, 3.8) is 0 Å². The second-order valence-electron chi connectivity index (χ2n) is 9.00. The van der Waals surface area contributed by atoms with Crippen LogP contribution in [0.3, 0.4) is 0 Å². The SMILES string of the molecule is CC(=O)N(c1ccc(C)cc1)c1nc(CN2CCN(Cc3cccc4ccccc34)CC2)cs1. The van der Waals surface area contributed by atoms with Crippen LogP contribution in [0.25, 0.3) is 10.8 Å². The van der Waals surface area contributed by atoms with Crippen molar-refractivity contribution in [3.8, 4) is 0 Å². The summed E-state index contributed by atoms with van der Waals surface area (Å²) >= 11 is 1.53. The number of carbonyl (C=O) groups excluding carboxylic acids is 1. The number of rotatable bonds is 6. The third-order valence-electron chi connectivity index (χ3n) is 6.46. The lowest BCUT2D eigenvalue weighted by Crippen LogP contribution is -2.45. The molecule has 34 heavy (non-hydrogen) atoms. The summed E-state index contributed by atoms with van der Waals surface area (Å²) in [4.78, 5) is 23.9. The lowest BCUT2D eigenvalue weighted by atomic mass is 10.0. The Morgan fingerprint density at radius 2 is 1.59 bits per heavy atom. The molecule has 4 aromatic rings. The molecule has 0 saturated carbocycles. The molecule has 0 aliphatic carbocycles. The summed E-state index contributed by atoms with van der Waals surface area (Å²) in [6, 6.07) is 23.2. The van der Waals surface area contributed by atoms with E-state index in [1.54, 1.807) is 11.8 Å². The fourth-order valence-electron chi connectivity index (χ4n) is 4.60. The van der Waals surface area contributed by atoms with Crippen LogP contribution in [0.1, 0.15) is 23.7 Å². The number of piperazine rings is 1. The van der Waals surface area contributed by atoms with Gasteiger partial charge in [0.1, 0.15) is 0 Å². The highest BCUT2D eigenvalue weighted by Crippen LogP contribution is 2.29. The second kappa shape index (κ2) is 10.1. The highest BCUT2D eigenvalue weighted by Gasteiger charge is 2.21. The van der Waals surface area contributed by atoms with Crippen LogP contribution in [0.2, 0.25) is 0 Å². The Hall–Kier alpha value is -3.06. The van der Waals surface area contributed by atoms with E-state index in [-0.39, 0.29) is 5.91 Å². The predicted molar refractivity (Wildman–Crippen MR) is 141 cm³/mol. The smallest absolute Gasteiger partial charge is 0.230 e. The Bertz CT molecular complexity index is 1270. The molecule has 1 fully saturated rings. The number of thiazole rings is 1. The zero-order chi connectivity index (χ0) is 23.5. The normalized spacial score (nSPS) is 15.0. The van der Waals surface area contributed by atoms with Gasteiger partial charge in [-0.3, -0.25) is 19.5 Å². The fourth-order valence-corrected chi connectivity index (χ4v) is 5.48. The molecule has 1 saturated heterocycles. The standard InChI is InChI=1S/C28H30N4OS/c1-21-10-12-26(13-11-21)32(22(2)33)28-29-25(20-34-28)19-31-16-14-30(15-17-31)18-24-8-5-7-23-6-3-4-9-27(23)24/h3-13,20H,14-19H2,1-2H3. The lowest BCUT2D eigenvalue weighted by molar-refractivity contribution is -0.115. The van der Waals surface area contributed by atoms with E-state index in [0.29, 0.717) is 0 Å². The van der Waals surface area contributed by atoms with Gasteiger partial charge in [0.15, 0.2) is 5.13 Å². The predicted octanol–water partition coefficient (Wildman–Crippen LogP) is 5.61. The fraction of sp³-hybridized carbons (Fsp3) is 0.286. The maximum Gasteiger partial charge on any atom is 0.230 e. The number of carbonyl (C=O) groups is 1. The average molecular weight is 471 g/mol. The number of nitrogens with zero attached hydrogens (tertiary/aromatic N) is 4. The van der Waals surface area contributed by atoms with Crippen LogP contribution in [-0.2, 0) is 17.9 Å². The lowest BCUT2D eigenvalue weighted by Gasteiger charge is -2.34. The van der Waals surface area contributed by atoms with Crippen molar-refractivity contribution >= 4 is 38.8 Å². The number of hydrogen-bond acceptors (Lipinski definition) is 5. The Labute approximate surface area is 205 Å². The maximum atomic E-state index is 12.4. The molecule has 2 heterocycles. The highest BCUT2D eigenvalue weighted by molar-refractivity contribution is 7.14. The van der Waals surface area contributed by atoms with Crippen LogP contribution in [0.4, 0.5) is 10.8 Å². The van der Waals surface area contributed by atoms with Crippen molar-refractivity contribution in [1.29, 1.82) is 0 Å². The van der Waals surface area contributed by atoms with E-state index >= 15 is 0 Å². The average Bonchev–Trinajstić information content (AvgIpc) is 3.29. The summed E-state index contributed by atoms with van der Waals surface area (Å²) in [5, 5.41) is 5.48. The van der Waals surface area contributed by atoms with E-state index in [2.05, 4.69) is 57.6 Å². The molecule has 0 atom stereocenters. The first-order valence-electron chi connectivity index (χ1n) is 11.8. The molecule has 1 amide bonds. The molecule has 0 spiro atoms. The Balaban J connectivity index is 1.20. The molecule has 0 N–H and O–H groups in total. The van der Waals surface area contributed by atoms with Crippen molar-refractivity contribution in [3.05, 3.63) is 88.9 Å². The van der Waals surface area contributed by atoms with Crippen molar-refractivity contribution < 1.29 is 4.79 Å². The minimum atomic E-state index is -0.0215. The van der Waals surface area contributed by atoms with Gasteiger partial charge in [-0.2, -0.15) is 0 Å². The number of benzene rings is 3. The number of aryl methyl sites for hydroxylation is 1. The largest absolute Gasteiger partial charge is 0.297 e. The van der Waals surface area contributed by atoms with E-state index < -0.39 is 0 Å². The third-order valence-corrected chi connectivity index (χ3v) is 7.34. The molecule has 1 aromatic heterocycles. The van der Waals surface area contributed by atoms with E-state index in [4.69, 9.17) is 4.98 Å². The Kier molecular flexibility index (Phi) is 6.72. The molecular formula is C28H30N4OS. The van der Waals surface area contributed by atoms with Gasteiger partial charge in [-0.1, -0.05) is 60.2 Å². The monoisotopic (exact) mass is 470 g/mol. The zero-order valence-corrected chi connectivity index (χ0v) is 20.6. The van der Waals surface area contributed by atoms with E-state index in [9.17, 15) is 4.79 Å². The quantitative estimate of drug-likeness (QED) is 0.367. The molecule has 174 valence electrons. The number of aromatic nitrogens is 1. The topological polar surface area (TPSA) is 39.7 Å². The molecule has 0 unspecified atom stereocenters. The number of fused-ring (bicyclic) bond motifs is 1. The van der Waals surface area contributed by atoms with Gasteiger partial charge < -0.3 is 0 Å². The summed E-state index contributed by atoms with van der Waals surface area (Å²) in [7, 11) is 0. The molecule has 3 aromatic carbocycles. The van der Waals surface area contributed by atoms with Gasteiger partial charge in [0, 0.05) is 51.6 Å². The first-order chi connectivity index (χ1) is 16.6. The molecule has 6 heteroatoms. The minimum absolute atomic E-state index is 0.0215. The van der Waals surface area contributed by atoms with Crippen molar-refractivity contribution in [2.45, 2.75) is 26.9 Å². The van der Waals surface area contributed by atoms with E-state index in [1.807, 2.05) is 31.2 Å². The summed E-state index contributed by atoms with van der Waals surface area (Å²) in [6.45, 7) is 9.57. The molecule has 5 rings (SSSR count). The van der Waals surface area contributed by atoms with Crippen LogP contribution in [0.15, 0.2) is 72.1 Å². The van der Waals surface area contributed by atoms with Crippen molar-refractivity contribution in [2.24, 2.45) is 0 Å². The van der Waals surface area contributed by atoms with Gasteiger partial charge in [0.2, 0.25) is 5.91 Å². The van der Waals surface area contributed by atoms with Crippen molar-refractivity contribution in [2.75, 3.05) is 31.1 Å². The number of hydrogen-bond donors (Lipinski definition) is 0. The molecule has 0 radical (unpaired) electrons. The van der Waals surface area contributed by atoms with Crippen LogP contribution in [-0.4, -0.2) is 46.9 Å². The van der Waals surface area contributed by atoms with Crippen molar-refractivity contribution in [1.82, 2.24) is 14.8 Å². The number of anilines is 2. The summed E-state index contributed by atoms with van der Waals surface area (Å²) in [5.41, 5.74) is 4.46. The number of amides is 1. The summed E-state index contributed by atoms with van der Waals surface area (Å²) in [6.07, 6.45) is 0. The van der Waals surface area contributed by atoms with Crippen LogP contribution in [0, 0.1) is 6.92 Å². The third kappa shape index (κ3) is 5.04. The van der Waals surface area contributed by atoms with E-state index in [1.165, 1.54) is 33.2 Å². The van der Waals surface area contributed by atoms with Crippen LogP contribution >= 0.6 is 11.3 Å². The molecular weight excluding hydrogens is 440 g/mol. The highest BCUT2D eigenvalue weighted by atomic mass is 32.1. The first-order valence-corrected chi connectivity index (χ1v) is 12.7. The van der Waals surface area contributed by atoms with E-state index in [0.717, 1.165) is 55.8 Å². The minimum Gasteiger partial charge on any atom is -0.297 e. The van der Waals surface area contributed by atoms with Crippen LogP contribution in [0.5, 0.6) is 0 Å². The molecule has 1 aliphatic rings. The van der Waals surface area contributed by atoms with Crippen LogP contribution < -0.4 is 4.90 Å². The molecule has 0 bridgehead atoms. The maximum absolute atomic E-state index is 12.4.